The summed E-state index contributed by atoms with van der Waals surface area (Å²) in [5.74, 6) is 0. The van der Waals surface area contributed by atoms with Crippen LogP contribution in [0.25, 0.3) is 5.69 Å². The van der Waals surface area contributed by atoms with E-state index < -0.39 is 7.60 Å². The highest BCUT2D eigenvalue weighted by Crippen LogP contribution is 2.50. The van der Waals surface area contributed by atoms with Gasteiger partial charge in [0.2, 0.25) is 0 Å². The maximum absolute atomic E-state index is 12.5. The third kappa shape index (κ3) is 3.73. The standard InChI is InChI=1S/C14H19N2O4P/c1-3-19-21(18,20-4-2)11-12-10-15-16(14(12)17)13-8-6-5-7-9-13/h5-10,15H,3-4,11H2,1-2H3. The molecule has 2 rings (SSSR count). The van der Waals surface area contributed by atoms with E-state index in [4.69, 9.17) is 9.05 Å². The monoisotopic (exact) mass is 310 g/mol. The Morgan fingerprint density at radius 2 is 1.76 bits per heavy atom. The first-order valence-corrected chi connectivity index (χ1v) is 8.55. The van der Waals surface area contributed by atoms with Crippen molar-refractivity contribution in [2.45, 2.75) is 20.0 Å². The number of rotatable bonds is 7. The SMILES string of the molecule is CCOP(=O)(Cc1c[nH]n(-c2ccccc2)c1=O)OCC. The molecule has 0 aliphatic heterocycles. The van der Waals surface area contributed by atoms with Crippen LogP contribution in [0.2, 0.25) is 0 Å². The zero-order chi connectivity index (χ0) is 15.3. The average Bonchev–Trinajstić information content (AvgIpc) is 2.81. The van der Waals surface area contributed by atoms with Gasteiger partial charge in [-0.1, -0.05) is 18.2 Å². The van der Waals surface area contributed by atoms with Crippen LogP contribution >= 0.6 is 7.60 Å². The molecule has 21 heavy (non-hydrogen) atoms. The number of nitrogens with one attached hydrogen (secondary N) is 1. The Balaban J connectivity index is 2.29. The highest BCUT2D eigenvalue weighted by Gasteiger charge is 2.26. The van der Waals surface area contributed by atoms with Crippen LogP contribution in [0.1, 0.15) is 19.4 Å². The van der Waals surface area contributed by atoms with Gasteiger partial charge in [0.15, 0.2) is 0 Å². The third-order valence-electron chi connectivity index (χ3n) is 2.88. The molecule has 7 heteroatoms. The maximum Gasteiger partial charge on any atom is 0.335 e. The molecule has 0 aliphatic rings. The van der Waals surface area contributed by atoms with Crippen molar-refractivity contribution < 1.29 is 13.6 Å². The van der Waals surface area contributed by atoms with Crippen molar-refractivity contribution >= 4 is 7.60 Å². The lowest BCUT2D eigenvalue weighted by molar-refractivity contribution is 0.219. The van der Waals surface area contributed by atoms with Gasteiger partial charge in [-0.25, -0.2) is 4.68 Å². The van der Waals surface area contributed by atoms with E-state index in [-0.39, 0.29) is 24.9 Å². The van der Waals surface area contributed by atoms with Crippen molar-refractivity contribution in [3.05, 3.63) is 52.4 Å². The van der Waals surface area contributed by atoms with E-state index in [1.165, 1.54) is 4.68 Å². The molecule has 0 aliphatic carbocycles. The summed E-state index contributed by atoms with van der Waals surface area (Å²) < 4.78 is 24.3. The molecule has 0 fully saturated rings. The van der Waals surface area contributed by atoms with Crippen molar-refractivity contribution in [1.29, 1.82) is 0 Å². The highest BCUT2D eigenvalue weighted by atomic mass is 31.2. The fraction of sp³-hybridized carbons (Fsp3) is 0.357. The van der Waals surface area contributed by atoms with Crippen molar-refractivity contribution in [3.8, 4) is 5.69 Å². The van der Waals surface area contributed by atoms with Gasteiger partial charge in [0.1, 0.15) is 0 Å². The number of nitrogens with zero attached hydrogens (tertiary/aromatic N) is 1. The van der Waals surface area contributed by atoms with Gasteiger partial charge in [0.25, 0.3) is 5.56 Å². The summed E-state index contributed by atoms with van der Waals surface area (Å²) in [6.07, 6.45) is 1.50. The van der Waals surface area contributed by atoms with Crippen LogP contribution in [-0.2, 0) is 19.8 Å². The number of hydrogen-bond acceptors (Lipinski definition) is 4. The molecular weight excluding hydrogens is 291 g/mol. The summed E-state index contributed by atoms with van der Waals surface area (Å²) >= 11 is 0. The highest BCUT2D eigenvalue weighted by molar-refractivity contribution is 7.53. The predicted octanol–water partition coefficient (Wildman–Crippen LogP) is 2.93. The van der Waals surface area contributed by atoms with Crippen molar-refractivity contribution in [2.24, 2.45) is 0 Å². The van der Waals surface area contributed by atoms with Gasteiger partial charge in [-0.15, -0.1) is 0 Å². The van der Waals surface area contributed by atoms with E-state index in [2.05, 4.69) is 5.10 Å². The maximum atomic E-state index is 12.5. The van der Waals surface area contributed by atoms with Crippen LogP contribution in [0.3, 0.4) is 0 Å². The molecule has 0 saturated heterocycles. The molecule has 114 valence electrons. The van der Waals surface area contributed by atoms with Gasteiger partial charge in [0.05, 0.1) is 25.1 Å². The van der Waals surface area contributed by atoms with E-state index >= 15 is 0 Å². The van der Waals surface area contributed by atoms with E-state index in [0.717, 1.165) is 5.69 Å². The molecular formula is C14H19N2O4P. The van der Waals surface area contributed by atoms with E-state index in [0.29, 0.717) is 5.56 Å². The van der Waals surface area contributed by atoms with E-state index in [1.54, 1.807) is 20.0 Å². The Morgan fingerprint density at radius 3 is 2.33 bits per heavy atom. The first-order valence-electron chi connectivity index (χ1n) is 6.82. The van der Waals surface area contributed by atoms with Crippen LogP contribution in [0.15, 0.2) is 41.3 Å². The molecule has 2 aromatic rings. The molecule has 1 aromatic carbocycles. The second-order valence-electron chi connectivity index (χ2n) is 4.38. The lowest BCUT2D eigenvalue weighted by Crippen LogP contribution is -2.17. The first-order chi connectivity index (χ1) is 10.1. The zero-order valence-corrected chi connectivity index (χ0v) is 13.0. The fourth-order valence-electron chi connectivity index (χ4n) is 2.02. The molecule has 0 unspecified atom stereocenters. The van der Waals surface area contributed by atoms with Crippen molar-refractivity contribution in [2.75, 3.05) is 13.2 Å². The Bertz CT molecular complexity index is 668. The second kappa shape index (κ2) is 6.89. The summed E-state index contributed by atoms with van der Waals surface area (Å²) in [5.41, 5.74) is 0.848. The number of H-pyrrole nitrogens is 1. The van der Waals surface area contributed by atoms with Gasteiger partial charge in [-0.3, -0.25) is 14.5 Å². The zero-order valence-electron chi connectivity index (χ0n) is 12.1. The van der Waals surface area contributed by atoms with Gasteiger partial charge < -0.3 is 9.05 Å². The minimum atomic E-state index is -3.28. The number of benzene rings is 1. The molecule has 1 aromatic heterocycles. The Morgan fingerprint density at radius 1 is 1.14 bits per heavy atom. The lowest BCUT2D eigenvalue weighted by Gasteiger charge is -2.15. The van der Waals surface area contributed by atoms with Crippen LogP contribution < -0.4 is 5.56 Å². The topological polar surface area (TPSA) is 73.3 Å². The minimum absolute atomic E-state index is 0.0379. The summed E-state index contributed by atoms with van der Waals surface area (Å²) in [7, 11) is -3.28. The summed E-state index contributed by atoms with van der Waals surface area (Å²) in [4.78, 5) is 12.4. The molecule has 0 amide bonds. The second-order valence-corrected chi connectivity index (χ2v) is 6.43. The molecule has 0 saturated carbocycles. The normalized spacial score (nSPS) is 11.7. The fourth-order valence-corrected chi connectivity index (χ4v) is 3.71. The molecule has 6 nitrogen and oxygen atoms in total. The van der Waals surface area contributed by atoms with Crippen LogP contribution in [0.4, 0.5) is 0 Å². The largest absolute Gasteiger partial charge is 0.335 e. The molecule has 1 heterocycles. The number of aromatic nitrogens is 2. The molecule has 1 N–H and O–H groups in total. The molecule has 0 radical (unpaired) electrons. The van der Waals surface area contributed by atoms with Crippen LogP contribution in [0, 0.1) is 0 Å². The Labute approximate surface area is 123 Å². The smallest absolute Gasteiger partial charge is 0.309 e. The van der Waals surface area contributed by atoms with Gasteiger partial charge in [-0.2, -0.15) is 0 Å². The van der Waals surface area contributed by atoms with Crippen molar-refractivity contribution in [1.82, 2.24) is 9.78 Å². The number of aromatic amines is 1. The van der Waals surface area contributed by atoms with Gasteiger partial charge in [0, 0.05) is 11.8 Å². The summed E-state index contributed by atoms with van der Waals surface area (Å²) in [6, 6.07) is 9.18. The third-order valence-corrected chi connectivity index (χ3v) is 4.91. The summed E-state index contributed by atoms with van der Waals surface area (Å²) in [5, 5.41) is 2.87. The summed E-state index contributed by atoms with van der Waals surface area (Å²) in [6.45, 7) is 4.03. The Kier molecular flexibility index (Phi) is 5.17. The Hall–Kier alpha value is -1.62. The van der Waals surface area contributed by atoms with Crippen LogP contribution in [-0.4, -0.2) is 23.0 Å². The number of hydrogen-bond donors (Lipinski definition) is 1. The molecule has 0 bridgehead atoms. The van der Waals surface area contributed by atoms with E-state index in [1.807, 2.05) is 30.3 Å². The molecule has 0 spiro atoms. The van der Waals surface area contributed by atoms with E-state index in [9.17, 15) is 9.36 Å². The van der Waals surface area contributed by atoms with Gasteiger partial charge in [-0.05, 0) is 26.0 Å². The molecule has 0 atom stereocenters. The lowest BCUT2D eigenvalue weighted by atomic mass is 10.3. The predicted molar refractivity (Wildman–Crippen MR) is 81.0 cm³/mol. The number of para-hydroxylation sites is 1. The first kappa shape index (κ1) is 15.8. The minimum Gasteiger partial charge on any atom is -0.309 e. The van der Waals surface area contributed by atoms with Crippen LogP contribution in [0.5, 0.6) is 0 Å². The van der Waals surface area contributed by atoms with Crippen molar-refractivity contribution in [3.63, 3.8) is 0 Å². The van der Waals surface area contributed by atoms with Gasteiger partial charge >= 0.3 is 7.60 Å². The quantitative estimate of drug-likeness (QED) is 0.798. The average molecular weight is 310 g/mol.